The van der Waals surface area contributed by atoms with Gasteiger partial charge in [-0.05, 0) is 19.8 Å². The highest BCUT2D eigenvalue weighted by molar-refractivity contribution is 5.56. The fourth-order valence-electron chi connectivity index (χ4n) is 1.75. The third-order valence-electron chi connectivity index (χ3n) is 2.77. The first kappa shape index (κ1) is 10.2. The fraction of sp³-hybridized carbons (Fsp3) is 0.600. The van der Waals surface area contributed by atoms with Crippen LogP contribution in [0.2, 0.25) is 0 Å². The lowest BCUT2D eigenvalue weighted by Gasteiger charge is -2.32. The number of aliphatic hydroxyl groups is 1. The molecule has 15 heavy (non-hydrogen) atoms. The number of aromatic nitrogens is 2. The Labute approximate surface area is 88.9 Å². The maximum Gasteiger partial charge on any atom is 0.134 e. The highest BCUT2D eigenvalue weighted by atomic mass is 16.3. The average molecular weight is 208 g/mol. The minimum absolute atomic E-state index is 0.145. The van der Waals surface area contributed by atoms with Crippen molar-refractivity contribution in [3.63, 3.8) is 0 Å². The van der Waals surface area contributed by atoms with E-state index in [4.69, 9.17) is 0 Å². The molecule has 1 fully saturated rings. The van der Waals surface area contributed by atoms with Gasteiger partial charge in [0.05, 0.1) is 6.10 Å². The highest BCUT2D eigenvalue weighted by Crippen LogP contribution is 2.25. The number of rotatable bonds is 3. The standard InChI is InChI=1S/C10H16N4O/c1-6-9(11-2)12-5-13-10(6)14-7-3-8(15)4-7/h5,7-8,15H,3-4H2,1-2H3,(H2,11,12,13,14). The predicted molar refractivity (Wildman–Crippen MR) is 59.0 cm³/mol. The summed E-state index contributed by atoms with van der Waals surface area (Å²) in [4.78, 5) is 8.30. The van der Waals surface area contributed by atoms with Gasteiger partial charge in [-0.2, -0.15) is 0 Å². The van der Waals surface area contributed by atoms with E-state index in [0.29, 0.717) is 6.04 Å². The van der Waals surface area contributed by atoms with E-state index in [1.807, 2.05) is 14.0 Å². The lowest BCUT2D eigenvalue weighted by molar-refractivity contribution is 0.0835. The predicted octanol–water partition coefficient (Wildman–Crippen LogP) is 0.762. The van der Waals surface area contributed by atoms with Gasteiger partial charge >= 0.3 is 0 Å². The monoisotopic (exact) mass is 208 g/mol. The second-order valence-electron chi connectivity index (χ2n) is 3.91. The molecule has 0 aliphatic heterocycles. The van der Waals surface area contributed by atoms with Crippen LogP contribution in [0.15, 0.2) is 6.33 Å². The minimum Gasteiger partial charge on any atom is -0.393 e. The van der Waals surface area contributed by atoms with Crippen molar-refractivity contribution in [1.29, 1.82) is 0 Å². The fourth-order valence-corrected chi connectivity index (χ4v) is 1.75. The first-order valence-corrected chi connectivity index (χ1v) is 5.14. The molecule has 1 aromatic rings. The summed E-state index contributed by atoms with van der Waals surface area (Å²) < 4.78 is 0. The molecule has 1 aliphatic carbocycles. The summed E-state index contributed by atoms with van der Waals surface area (Å²) in [5.41, 5.74) is 1.02. The van der Waals surface area contributed by atoms with Gasteiger partial charge in [0.2, 0.25) is 0 Å². The Morgan fingerprint density at radius 2 is 2.00 bits per heavy atom. The van der Waals surface area contributed by atoms with Gasteiger partial charge in [0.1, 0.15) is 18.0 Å². The lowest BCUT2D eigenvalue weighted by Crippen LogP contribution is -2.39. The number of aliphatic hydroxyl groups excluding tert-OH is 1. The first-order chi connectivity index (χ1) is 7.20. The molecule has 3 N–H and O–H groups in total. The van der Waals surface area contributed by atoms with Gasteiger partial charge in [0, 0.05) is 18.7 Å². The Kier molecular flexibility index (Phi) is 2.73. The maximum atomic E-state index is 9.18. The zero-order valence-electron chi connectivity index (χ0n) is 8.99. The Morgan fingerprint density at radius 3 is 2.60 bits per heavy atom. The number of hydrogen-bond donors (Lipinski definition) is 3. The molecule has 1 saturated carbocycles. The second kappa shape index (κ2) is 4.02. The van der Waals surface area contributed by atoms with Crippen molar-refractivity contribution in [2.45, 2.75) is 31.9 Å². The van der Waals surface area contributed by atoms with Crippen LogP contribution in [0.5, 0.6) is 0 Å². The molecule has 0 spiro atoms. The summed E-state index contributed by atoms with van der Waals surface area (Å²) in [6.07, 6.45) is 3.00. The van der Waals surface area contributed by atoms with E-state index in [9.17, 15) is 5.11 Å². The van der Waals surface area contributed by atoms with Gasteiger partial charge in [-0.1, -0.05) is 0 Å². The van der Waals surface area contributed by atoms with Gasteiger partial charge in [-0.25, -0.2) is 9.97 Å². The zero-order valence-corrected chi connectivity index (χ0v) is 8.99. The highest BCUT2D eigenvalue weighted by Gasteiger charge is 2.27. The first-order valence-electron chi connectivity index (χ1n) is 5.14. The number of nitrogens with one attached hydrogen (secondary N) is 2. The molecule has 1 aliphatic rings. The topological polar surface area (TPSA) is 70.1 Å². The van der Waals surface area contributed by atoms with Crippen molar-refractivity contribution in [1.82, 2.24) is 9.97 Å². The van der Waals surface area contributed by atoms with E-state index < -0.39 is 0 Å². The Hall–Kier alpha value is -1.36. The molecule has 5 heteroatoms. The molecule has 0 atom stereocenters. The van der Waals surface area contributed by atoms with Crippen LogP contribution in [-0.2, 0) is 0 Å². The van der Waals surface area contributed by atoms with Crippen molar-refractivity contribution in [3.8, 4) is 0 Å². The molecule has 2 rings (SSSR count). The molecular weight excluding hydrogens is 192 g/mol. The summed E-state index contributed by atoms with van der Waals surface area (Å²) >= 11 is 0. The van der Waals surface area contributed by atoms with Crippen molar-refractivity contribution in [2.24, 2.45) is 0 Å². The number of hydrogen-bond acceptors (Lipinski definition) is 5. The maximum absolute atomic E-state index is 9.18. The molecular formula is C10H16N4O. The quantitative estimate of drug-likeness (QED) is 0.684. The third kappa shape index (κ3) is 2.02. The van der Waals surface area contributed by atoms with Crippen molar-refractivity contribution < 1.29 is 5.11 Å². The van der Waals surface area contributed by atoms with Gasteiger partial charge < -0.3 is 15.7 Å². The zero-order chi connectivity index (χ0) is 10.8. The van der Waals surface area contributed by atoms with Gasteiger partial charge in [0.25, 0.3) is 0 Å². The third-order valence-corrected chi connectivity index (χ3v) is 2.77. The van der Waals surface area contributed by atoms with Crippen LogP contribution in [0, 0.1) is 6.92 Å². The van der Waals surface area contributed by atoms with Gasteiger partial charge in [-0.15, -0.1) is 0 Å². The molecule has 0 aromatic carbocycles. The second-order valence-corrected chi connectivity index (χ2v) is 3.91. The number of nitrogens with zero attached hydrogens (tertiary/aromatic N) is 2. The van der Waals surface area contributed by atoms with E-state index >= 15 is 0 Å². The summed E-state index contributed by atoms with van der Waals surface area (Å²) in [6.45, 7) is 1.98. The average Bonchev–Trinajstić information content (AvgIpc) is 2.18. The summed E-state index contributed by atoms with van der Waals surface area (Å²) in [5.74, 6) is 1.69. The largest absolute Gasteiger partial charge is 0.393 e. The molecule has 0 saturated heterocycles. The molecule has 82 valence electrons. The molecule has 1 aromatic heterocycles. The summed E-state index contributed by atoms with van der Waals surface area (Å²) in [6, 6.07) is 0.346. The molecule has 0 bridgehead atoms. The lowest BCUT2D eigenvalue weighted by atomic mass is 9.89. The van der Waals surface area contributed by atoms with Gasteiger partial charge in [-0.3, -0.25) is 0 Å². The molecule has 0 unspecified atom stereocenters. The smallest absolute Gasteiger partial charge is 0.134 e. The van der Waals surface area contributed by atoms with Crippen LogP contribution in [0.3, 0.4) is 0 Å². The minimum atomic E-state index is -0.145. The van der Waals surface area contributed by atoms with Crippen LogP contribution in [-0.4, -0.2) is 34.3 Å². The molecule has 0 radical (unpaired) electrons. The molecule has 5 nitrogen and oxygen atoms in total. The van der Waals surface area contributed by atoms with E-state index in [2.05, 4.69) is 20.6 Å². The van der Waals surface area contributed by atoms with Crippen molar-refractivity contribution in [2.75, 3.05) is 17.7 Å². The number of anilines is 2. The van der Waals surface area contributed by atoms with E-state index in [1.54, 1.807) is 0 Å². The van der Waals surface area contributed by atoms with Crippen LogP contribution < -0.4 is 10.6 Å². The van der Waals surface area contributed by atoms with Gasteiger partial charge in [0.15, 0.2) is 0 Å². The van der Waals surface area contributed by atoms with Crippen molar-refractivity contribution >= 4 is 11.6 Å². The SMILES string of the molecule is CNc1ncnc(NC2CC(O)C2)c1C. The Balaban J connectivity index is 2.07. The summed E-state index contributed by atoms with van der Waals surface area (Å²) in [7, 11) is 1.84. The van der Waals surface area contributed by atoms with Crippen LogP contribution in [0.25, 0.3) is 0 Å². The van der Waals surface area contributed by atoms with E-state index in [0.717, 1.165) is 30.0 Å². The van der Waals surface area contributed by atoms with E-state index in [1.165, 1.54) is 6.33 Å². The summed E-state index contributed by atoms with van der Waals surface area (Å²) in [5, 5.41) is 15.5. The van der Waals surface area contributed by atoms with Crippen molar-refractivity contribution in [3.05, 3.63) is 11.9 Å². The van der Waals surface area contributed by atoms with Crippen LogP contribution in [0.1, 0.15) is 18.4 Å². The molecule has 1 heterocycles. The Morgan fingerprint density at radius 1 is 1.33 bits per heavy atom. The Bertz CT molecular complexity index is 349. The normalized spacial score (nSPS) is 24.5. The van der Waals surface area contributed by atoms with E-state index in [-0.39, 0.29) is 6.10 Å². The molecule has 0 amide bonds. The van der Waals surface area contributed by atoms with Crippen LogP contribution >= 0.6 is 0 Å². The van der Waals surface area contributed by atoms with Crippen LogP contribution in [0.4, 0.5) is 11.6 Å².